The quantitative estimate of drug-likeness (QED) is 0.450. The van der Waals surface area contributed by atoms with E-state index < -0.39 is 31.3 Å². The summed E-state index contributed by atoms with van der Waals surface area (Å²) in [5, 5.41) is 11.2. The molecule has 2 fully saturated rings. The van der Waals surface area contributed by atoms with Crippen LogP contribution in [0.25, 0.3) is 11.0 Å². The van der Waals surface area contributed by atoms with Crippen molar-refractivity contribution in [2.75, 3.05) is 6.61 Å². The molecule has 4 rings (SSSR count). The molecule has 3 heterocycles. The van der Waals surface area contributed by atoms with Crippen molar-refractivity contribution in [2.45, 2.75) is 24.5 Å². The van der Waals surface area contributed by atoms with E-state index in [1.807, 2.05) is 0 Å². The molecule has 2 aliphatic rings. The average molecular weight is 419 g/mol. The molecule has 0 saturated carbocycles. The number of aliphatic hydroxyl groups excluding tert-OH is 1. The molecule has 24 heavy (non-hydrogen) atoms. The fraction of sp³-hybridized carbons (Fsp3) is 0.417. The first kappa shape index (κ1) is 19.5. The minimum atomic E-state index is -3.58. The van der Waals surface area contributed by atoms with Gasteiger partial charge in [-0.3, -0.25) is 0 Å². The van der Waals surface area contributed by atoms with E-state index in [4.69, 9.17) is 48.8 Å². The standard InChI is InChI=1S/C12H11Cl2N2O5PS.Na/c13-5-1-7-8(2-6(5)14)16(4-15-7)12-10(17)11-9(20-12)3-19-22(18,23)21-11;/h1-2,4,9-12,17H,3H2,(H,18,23);/q;+1/p-1. The van der Waals surface area contributed by atoms with E-state index in [0.29, 0.717) is 21.1 Å². The number of fused-ring (bicyclic) bond motifs is 2. The van der Waals surface area contributed by atoms with Gasteiger partial charge in [-0.05, 0) is 12.1 Å². The van der Waals surface area contributed by atoms with Crippen molar-refractivity contribution in [1.29, 1.82) is 0 Å². The monoisotopic (exact) mass is 418 g/mol. The summed E-state index contributed by atoms with van der Waals surface area (Å²) in [6.45, 7) is -3.58. The molecule has 12 heteroatoms. The molecule has 5 unspecified atom stereocenters. The zero-order valence-corrected chi connectivity index (χ0v) is 17.6. The van der Waals surface area contributed by atoms with Crippen molar-refractivity contribution in [3.05, 3.63) is 28.5 Å². The summed E-state index contributed by atoms with van der Waals surface area (Å²) in [7, 11) is 0. The van der Waals surface area contributed by atoms with Crippen molar-refractivity contribution in [1.82, 2.24) is 9.55 Å². The second kappa shape index (κ2) is 7.03. The van der Waals surface area contributed by atoms with Gasteiger partial charge in [-0.1, -0.05) is 35.0 Å². The summed E-state index contributed by atoms with van der Waals surface area (Å²) in [6, 6.07) is 3.26. The fourth-order valence-corrected chi connectivity index (χ4v) is 4.53. The van der Waals surface area contributed by atoms with Crippen molar-refractivity contribution in [3.63, 3.8) is 0 Å². The van der Waals surface area contributed by atoms with E-state index in [9.17, 15) is 10.00 Å². The van der Waals surface area contributed by atoms with Gasteiger partial charge in [-0.15, -0.1) is 0 Å². The first-order valence-electron chi connectivity index (χ1n) is 6.65. The normalized spacial score (nSPS) is 35.7. The molecule has 1 aromatic heterocycles. The zero-order valence-electron chi connectivity index (χ0n) is 12.3. The average Bonchev–Trinajstić information content (AvgIpc) is 3.01. The maximum absolute atomic E-state index is 11.8. The number of nitrogens with zero attached hydrogens (tertiary/aromatic N) is 2. The third-order valence-electron chi connectivity index (χ3n) is 3.85. The molecule has 2 aliphatic heterocycles. The van der Waals surface area contributed by atoms with Crippen molar-refractivity contribution in [2.24, 2.45) is 0 Å². The maximum atomic E-state index is 11.8. The second-order valence-corrected chi connectivity index (χ2v) is 8.80. The number of ether oxygens (including phenoxy) is 1. The SMILES string of the molecule is [Na+].[O-]P1(=S)OCC2OC(n3cnc4cc(Cl)c(Cl)cc43)C(O)C2O1. The molecule has 124 valence electrons. The van der Waals surface area contributed by atoms with Crippen LogP contribution in [0.2, 0.25) is 10.0 Å². The number of halogens is 2. The van der Waals surface area contributed by atoms with Crippen LogP contribution >= 0.6 is 29.9 Å². The molecule has 2 saturated heterocycles. The van der Waals surface area contributed by atoms with Gasteiger partial charge in [-0.25, -0.2) is 4.98 Å². The Bertz CT molecular complexity index is 839. The number of aromatic nitrogens is 2. The number of benzene rings is 1. The predicted octanol–water partition coefficient (Wildman–Crippen LogP) is -1.39. The van der Waals surface area contributed by atoms with Gasteiger partial charge in [0.15, 0.2) is 6.23 Å². The van der Waals surface area contributed by atoms with E-state index in [1.165, 1.54) is 6.33 Å². The van der Waals surface area contributed by atoms with Crippen LogP contribution in [0.5, 0.6) is 0 Å². The summed E-state index contributed by atoms with van der Waals surface area (Å²) >= 11 is 16.7. The van der Waals surface area contributed by atoms with Crippen molar-refractivity contribution < 1.29 is 53.3 Å². The van der Waals surface area contributed by atoms with E-state index in [1.54, 1.807) is 16.7 Å². The number of hydrogen-bond donors (Lipinski definition) is 1. The largest absolute Gasteiger partial charge is 1.00 e. The molecule has 5 atom stereocenters. The minimum absolute atomic E-state index is 0. The maximum Gasteiger partial charge on any atom is 1.00 e. The molecule has 0 spiro atoms. The molecule has 0 amide bonds. The van der Waals surface area contributed by atoms with Gasteiger partial charge in [0.2, 0.25) is 0 Å². The Balaban J connectivity index is 0.00000169. The van der Waals surface area contributed by atoms with E-state index in [0.717, 1.165) is 0 Å². The summed E-state index contributed by atoms with van der Waals surface area (Å²) in [6.07, 6.45) is -1.75. The molecule has 2 aromatic rings. The van der Waals surface area contributed by atoms with Crippen molar-refractivity contribution >= 4 is 52.8 Å². The Morgan fingerprint density at radius 1 is 1.38 bits per heavy atom. The number of rotatable bonds is 1. The van der Waals surface area contributed by atoms with Crippen LogP contribution in [-0.4, -0.2) is 39.6 Å². The molecule has 0 radical (unpaired) electrons. The van der Waals surface area contributed by atoms with E-state index in [2.05, 4.69) is 4.98 Å². The predicted molar refractivity (Wildman–Crippen MR) is 84.8 cm³/mol. The number of aliphatic hydroxyl groups is 1. The molecule has 1 aromatic carbocycles. The van der Waals surface area contributed by atoms with Gasteiger partial charge < -0.3 is 28.4 Å². The molecule has 7 nitrogen and oxygen atoms in total. The molecular formula is C12H10Cl2N2NaO5PS. The molecule has 0 bridgehead atoms. The molecule has 0 aliphatic carbocycles. The summed E-state index contributed by atoms with van der Waals surface area (Å²) in [5.74, 6) is 0. The molecule has 1 N–H and O–H groups in total. The van der Waals surface area contributed by atoms with Crippen LogP contribution in [0.15, 0.2) is 18.5 Å². The first-order valence-corrected chi connectivity index (χ1v) is 9.96. The van der Waals surface area contributed by atoms with E-state index in [-0.39, 0.29) is 36.2 Å². The topological polar surface area (TPSA) is 88.8 Å². The van der Waals surface area contributed by atoms with Gasteiger partial charge in [0.1, 0.15) is 25.0 Å². The Morgan fingerprint density at radius 2 is 2.08 bits per heavy atom. The minimum Gasteiger partial charge on any atom is -0.780 e. The van der Waals surface area contributed by atoms with Crippen LogP contribution in [0.4, 0.5) is 0 Å². The Morgan fingerprint density at radius 3 is 2.83 bits per heavy atom. The number of imidazole rings is 1. The Labute approximate surface area is 174 Å². The summed E-state index contributed by atoms with van der Waals surface area (Å²) in [5.41, 5.74) is 1.25. The smallest absolute Gasteiger partial charge is 0.780 e. The van der Waals surface area contributed by atoms with Crippen molar-refractivity contribution in [3.8, 4) is 0 Å². The fourth-order valence-electron chi connectivity index (χ4n) is 2.78. The zero-order chi connectivity index (χ0) is 16.4. The molecular weight excluding hydrogens is 409 g/mol. The van der Waals surface area contributed by atoms with Gasteiger partial charge in [0.05, 0.1) is 34.0 Å². The van der Waals surface area contributed by atoms with Gasteiger partial charge in [0, 0.05) is 0 Å². The van der Waals surface area contributed by atoms with Crippen LogP contribution in [0.1, 0.15) is 6.23 Å². The van der Waals surface area contributed by atoms with Crippen LogP contribution in [-0.2, 0) is 25.6 Å². The first-order chi connectivity index (χ1) is 10.9. The third-order valence-corrected chi connectivity index (χ3v) is 6.11. The van der Waals surface area contributed by atoms with Crippen LogP contribution in [0, 0.1) is 0 Å². The van der Waals surface area contributed by atoms with Crippen LogP contribution in [0.3, 0.4) is 0 Å². The van der Waals surface area contributed by atoms with Gasteiger partial charge in [0.25, 0.3) is 0 Å². The van der Waals surface area contributed by atoms with Crippen LogP contribution < -0.4 is 34.5 Å². The number of hydrogen-bond acceptors (Lipinski definition) is 7. The summed E-state index contributed by atoms with van der Waals surface area (Å²) < 4.78 is 17.5. The second-order valence-electron chi connectivity index (χ2n) is 5.28. The van der Waals surface area contributed by atoms with Gasteiger partial charge >= 0.3 is 29.6 Å². The van der Waals surface area contributed by atoms with Gasteiger partial charge in [-0.2, -0.15) is 0 Å². The third kappa shape index (κ3) is 3.33. The summed E-state index contributed by atoms with van der Waals surface area (Å²) in [4.78, 5) is 16.0. The van der Waals surface area contributed by atoms with E-state index >= 15 is 0 Å². The Hall–Kier alpha value is 0.720. The Kier molecular flexibility index (Phi) is 5.71.